The number of aliphatic hydroxyl groups is 1. The number of rotatable bonds is 3. The molecule has 2 atom stereocenters. The lowest BCUT2D eigenvalue weighted by Crippen LogP contribution is -2.20. The maximum absolute atomic E-state index is 9.65. The minimum atomic E-state index is -1.02. The fourth-order valence-corrected chi connectivity index (χ4v) is 1.68. The molecule has 15 heavy (non-hydrogen) atoms. The Bertz CT molecular complexity index is 336. The molecule has 1 aliphatic rings. The summed E-state index contributed by atoms with van der Waals surface area (Å²) in [6, 6.07) is 0. The summed E-state index contributed by atoms with van der Waals surface area (Å²) >= 11 is 0. The number of hydrogen-bond donors (Lipinski definition) is 1. The summed E-state index contributed by atoms with van der Waals surface area (Å²) in [6.45, 7) is 4.67. The Morgan fingerprint density at radius 2 is 2.47 bits per heavy atom. The smallest absolute Gasteiger partial charge is 0.217 e. The van der Waals surface area contributed by atoms with Crippen LogP contribution < -0.4 is 0 Å². The first kappa shape index (κ1) is 10.6. The number of aliphatic hydroxyl groups excluding tert-OH is 1. The average Bonchev–Trinajstić information content (AvgIpc) is 2.60. The predicted octanol–water partition coefficient (Wildman–Crippen LogP) is 1.16. The van der Waals surface area contributed by atoms with E-state index in [0.29, 0.717) is 25.4 Å². The summed E-state index contributed by atoms with van der Waals surface area (Å²) in [5.41, 5.74) is 1.69. The van der Waals surface area contributed by atoms with E-state index >= 15 is 0 Å². The summed E-state index contributed by atoms with van der Waals surface area (Å²) in [5, 5.41) is 13.5. The fourth-order valence-electron chi connectivity index (χ4n) is 1.68. The van der Waals surface area contributed by atoms with Gasteiger partial charge in [0.15, 0.2) is 5.76 Å². The Balaban J connectivity index is 2.22. The minimum absolute atomic E-state index is 0.129. The van der Waals surface area contributed by atoms with Crippen molar-refractivity contribution in [1.82, 2.24) is 5.16 Å². The molecule has 0 bridgehead atoms. The van der Waals surface area contributed by atoms with Crippen LogP contribution in [0.4, 0.5) is 0 Å². The largest absolute Gasteiger partial charge is 0.372 e. The van der Waals surface area contributed by atoms with Gasteiger partial charge in [0.05, 0.1) is 12.7 Å². The Labute approximate surface area is 88.0 Å². The molecule has 2 heterocycles. The molecule has 1 aromatic rings. The second-order valence-electron chi connectivity index (χ2n) is 3.61. The Hall–Kier alpha value is -0.910. The summed E-state index contributed by atoms with van der Waals surface area (Å²) < 4.78 is 15.6. The van der Waals surface area contributed by atoms with Gasteiger partial charge in [0.25, 0.3) is 0 Å². The van der Waals surface area contributed by atoms with Crippen molar-refractivity contribution in [2.24, 2.45) is 0 Å². The van der Waals surface area contributed by atoms with Crippen molar-refractivity contribution in [3.8, 4) is 0 Å². The van der Waals surface area contributed by atoms with Crippen LogP contribution in [0.25, 0.3) is 0 Å². The van der Waals surface area contributed by atoms with Crippen LogP contribution in [-0.4, -0.2) is 23.0 Å². The number of hydrogen-bond acceptors (Lipinski definition) is 5. The lowest BCUT2D eigenvalue weighted by Gasteiger charge is -2.18. The average molecular weight is 213 g/mol. The normalized spacial score (nSPS) is 22.5. The molecule has 5 heteroatoms. The summed E-state index contributed by atoms with van der Waals surface area (Å²) in [7, 11) is 0. The SMILES string of the molecule is CCOC(O)c1onc2c1CC(C)OC2. The number of aromatic nitrogens is 1. The summed E-state index contributed by atoms with van der Waals surface area (Å²) in [4.78, 5) is 0. The molecule has 0 saturated heterocycles. The van der Waals surface area contributed by atoms with Crippen molar-refractivity contribution in [3.05, 3.63) is 17.0 Å². The van der Waals surface area contributed by atoms with Gasteiger partial charge in [-0.15, -0.1) is 0 Å². The van der Waals surface area contributed by atoms with E-state index in [1.54, 1.807) is 0 Å². The van der Waals surface area contributed by atoms with Crippen molar-refractivity contribution in [2.45, 2.75) is 39.3 Å². The highest BCUT2D eigenvalue weighted by atomic mass is 16.6. The Morgan fingerprint density at radius 1 is 1.67 bits per heavy atom. The molecule has 0 spiro atoms. The molecule has 0 saturated carbocycles. The van der Waals surface area contributed by atoms with Gasteiger partial charge in [-0.3, -0.25) is 0 Å². The maximum Gasteiger partial charge on any atom is 0.217 e. The number of nitrogens with zero attached hydrogens (tertiary/aromatic N) is 1. The molecule has 2 rings (SSSR count). The van der Waals surface area contributed by atoms with E-state index in [1.807, 2.05) is 13.8 Å². The molecule has 0 radical (unpaired) electrons. The second kappa shape index (κ2) is 4.30. The van der Waals surface area contributed by atoms with Crippen LogP contribution in [0.1, 0.15) is 37.2 Å². The first-order chi connectivity index (χ1) is 7.22. The van der Waals surface area contributed by atoms with Gasteiger partial charge in [0, 0.05) is 18.6 Å². The highest BCUT2D eigenvalue weighted by molar-refractivity contribution is 5.25. The molecule has 1 aliphatic heterocycles. The molecule has 1 aromatic heterocycles. The first-order valence-corrected chi connectivity index (χ1v) is 5.11. The van der Waals surface area contributed by atoms with Crippen LogP contribution in [0.5, 0.6) is 0 Å². The standard InChI is InChI=1S/C10H15NO4/c1-3-13-10(12)9-7-4-6(2)14-5-8(7)11-15-9/h6,10,12H,3-5H2,1-2H3. The lowest BCUT2D eigenvalue weighted by molar-refractivity contribution is -0.113. The van der Waals surface area contributed by atoms with Crippen LogP contribution in [0.15, 0.2) is 4.52 Å². The molecular weight excluding hydrogens is 198 g/mol. The van der Waals surface area contributed by atoms with Crippen LogP contribution in [0.3, 0.4) is 0 Å². The van der Waals surface area contributed by atoms with Gasteiger partial charge < -0.3 is 19.1 Å². The molecule has 1 N–H and O–H groups in total. The van der Waals surface area contributed by atoms with Crippen molar-refractivity contribution in [2.75, 3.05) is 6.61 Å². The van der Waals surface area contributed by atoms with Crippen LogP contribution in [-0.2, 0) is 22.5 Å². The zero-order valence-corrected chi connectivity index (χ0v) is 8.90. The molecular formula is C10H15NO4. The van der Waals surface area contributed by atoms with Crippen molar-refractivity contribution in [1.29, 1.82) is 0 Å². The van der Waals surface area contributed by atoms with Gasteiger partial charge >= 0.3 is 0 Å². The third-order valence-electron chi connectivity index (χ3n) is 2.44. The van der Waals surface area contributed by atoms with E-state index in [2.05, 4.69) is 5.16 Å². The quantitative estimate of drug-likeness (QED) is 0.763. The first-order valence-electron chi connectivity index (χ1n) is 5.11. The summed E-state index contributed by atoms with van der Waals surface area (Å²) in [5.74, 6) is 0.419. The fraction of sp³-hybridized carbons (Fsp3) is 0.700. The summed E-state index contributed by atoms with van der Waals surface area (Å²) in [6.07, 6.45) is -0.181. The minimum Gasteiger partial charge on any atom is -0.372 e. The van der Waals surface area contributed by atoms with Crippen LogP contribution in [0, 0.1) is 0 Å². The van der Waals surface area contributed by atoms with Gasteiger partial charge in [0.1, 0.15) is 5.69 Å². The van der Waals surface area contributed by atoms with Gasteiger partial charge in [-0.1, -0.05) is 5.16 Å². The molecule has 5 nitrogen and oxygen atoms in total. The monoisotopic (exact) mass is 213 g/mol. The lowest BCUT2D eigenvalue weighted by atomic mass is 10.0. The molecule has 84 valence electrons. The van der Waals surface area contributed by atoms with Crippen LogP contribution in [0.2, 0.25) is 0 Å². The number of ether oxygens (including phenoxy) is 2. The number of fused-ring (bicyclic) bond motifs is 1. The van der Waals surface area contributed by atoms with Crippen molar-refractivity contribution < 1.29 is 19.1 Å². The van der Waals surface area contributed by atoms with Crippen molar-refractivity contribution in [3.63, 3.8) is 0 Å². The third-order valence-corrected chi connectivity index (χ3v) is 2.44. The Morgan fingerprint density at radius 3 is 3.20 bits per heavy atom. The van der Waals surface area contributed by atoms with E-state index in [0.717, 1.165) is 11.3 Å². The van der Waals surface area contributed by atoms with E-state index < -0.39 is 6.29 Å². The van der Waals surface area contributed by atoms with Crippen LogP contribution >= 0.6 is 0 Å². The van der Waals surface area contributed by atoms with E-state index in [9.17, 15) is 5.11 Å². The van der Waals surface area contributed by atoms with Gasteiger partial charge in [0.2, 0.25) is 6.29 Å². The van der Waals surface area contributed by atoms with E-state index in [-0.39, 0.29) is 6.10 Å². The van der Waals surface area contributed by atoms with Gasteiger partial charge in [-0.05, 0) is 13.8 Å². The molecule has 0 aromatic carbocycles. The highest BCUT2D eigenvalue weighted by Crippen LogP contribution is 2.28. The third kappa shape index (κ3) is 2.04. The Kier molecular flexibility index (Phi) is 3.04. The predicted molar refractivity (Wildman–Crippen MR) is 51.0 cm³/mol. The zero-order valence-electron chi connectivity index (χ0n) is 8.90. The molecule has 0 fully saturated rings. The maximum atomic E-state index is 9.65. The van der Waals surface area contributed by atoms with Crippen molar-refractivity contribution >= 4 is 0 Å². The molecule has 2 unspecified atom stereocenters. The highest BCUT2D eigenvalue weighted by Gasteiger charge is 2.27. The molecule has 0 aliphatic carbocycles. The van der Waals surface area contributed by atoms with Gasteiger partial charge in [-0.2, -0.15) is 0 Å². The topological polar surface area (TPSA) is 64.7 Å². The van der Waals surface area contributed by atoms with Gasteiger partial charge in [-0.25, -0.2) is 0 Å². The van der Waals surface area contributed by atoms with E-state index in [1.165, 1.54) is 0 Å². The second-order valence-corrected chi connectivity index (χ2v) is 3.61. The van der Waals surface area contributed by atoms with E-state index in [4.69, 9.17) is 14.0 Å². The molecule has 0 amide bonds. The zero-order chi connectivity index (χ0) is 10.8.